The Labute approximate surface area is 238 Å². The van der Waals surface area contributed by atoms with Crippen molar-refractivity contribution in [3.05, 3.63) is 83.9 Å². The normalized spacial score (nSPS) is 21.6. The summed E-state index contributed by atoms with van der Waals surface area (Å²) < 4.78 is 36.6. The summed E-state index contributed by atoms with van der Waals surface area (Å²) in [6.45, 7) is 8.36. The molecule has 0 spiro atoms. The minimum atomic E-state index is -3.76. The van der Waals surface area contributed by atoms with E-state index in [2.05, 4.69) is 6.58 Å². The van der Waals surface area contributed by atoms with Crippen molar-refractivity contribution in [2.24, 2.45) is 0 Å². The fraction of sp³-hybridized carbons (Fsp3) is 0.250. The fourth-order valence-corrected chi connectivity index (χ4v) is 7.54. The van der Waals surface area contributed by atoms with Crippen LogP contribution in [0.25, 0.3) is 23.0 Å². The van der Waals surface area contributed by atoms with Gasteiger partial charge in [-0.1, -0.05) is 60.4 Å². The van der Waals surface area contributed by atoms with Crippen LogP contribution in [0.1, 0.15) is 19.4 Å². The van der Waals surface area contributed by atoms with E-state index in [1.807, 2.05) is 56.4 Å². The fourth-order valence-electron chi connectivity index (χ4n) is 4.64. The molecule has 1 aromatic heterocycles. The van der Waals surface area contributed by atoms with Crippen molar-refractivity contribution < 1.29 is 17.9 Å². The number of thiocarbonyl (C=S) groups is 1. The third kappa shape index (κ3) is 5.64. The van der Waals surface area contributed by atoms with Crippen LogP contribution in [0.2, 0.25) is 0 Å². The van der Waals surface area contributed by atoms with E-state index >= 15 is 0 Å². The van der Waals surface area contributed by atoms with Gasteiger partial charge in [0.1, 0.15) is 10.0 Å². The van der Waals surface area contributed by atoms with Crippen molar-refractivity contribution in [3.8, 4) is 16.9 Å². The first-order chi connectivity index (χ1) is 18.7. The molecule has 0 saturated carbocycles. The molecule has 2 aromatic carbocycles. The zero-order valence-electron chi connectivity index (χ0n) is 21.6. The number of carbonyl (C=O) groups excluding carboxylic acids is 1. The molecule has 2 atom stereocenters. The predicted molar refractivity (Wildman–Crippen MR) is 158 cm³/mol. The third-order valence-electron chi connectivity index (χ3n) is 6.37. The van der Waals surface area contributed by atoms with Crippen LogP contribution in [0.3, 0.4) is 0 Å². The molecular formula is C28H28N4O4S3. The number of hydrogen-bond donors (Lipinski definition) is 0. The summed E-state index contributed by atoms with van der Waals surface area (Å²) in [6.07, 6.45) is 4.84. The quantitative estimate of drug-likeness (QED) is 0.227. The molecule has 2 saturated heterocycles. The van der Waals surface area contributed by atoms with Crippen LogP contribution < -0.4 is 0 Å². The number of nitrogens with zero attached hydrogens (tertiary/aromatic N) is 4. The number of amides is 1. The molecule has 8 nitrogen and oxygen atoms in total. The number of morpholine rings is 1. The van der Waals surface area contributed by atoms with Gasteiger partial charge in [0.25, 0.3) is 5.91 Å². The number of para-hydroxylation sites is 1. The van der Waals surface area contributed by atoms with Gasteiger partial charge in [0.2, 0.25) is 10.0 Å². The molecule has 39 heavy (non-hydrogen) atoms. The van der Waals surface area contributed by atoms with Crippen LogP contribution in [-0.4, -0.2) is 69.5 Å². The van der Waals surface area contributed by atoms with E-state index in [1.165, 1.54) is 21.0 Å². The first kappa shape index (κ1) is 27.5. The minimum Gasteiger partial charge on any atom is -0.373 e. The van der Waals surface area contributed by atoms with Gasteiger partial charge in [-0.2, -0.15) is 9.40 Å². The largest absolute Gasteiger partial charge is 0.373 e. The highest BCUT2D eigenvalue weighted by Crippen LogP contribution is 2.35. The molecule has 0 N–H and O–H groups in total. The Morgan fingerprint density at radius 1 is 1.13 bits per heavy atom. The maximum atomic E-state index is 13.6. The van der Waals surface area contributed by atoms with E-state index in [0.717, 1.165) is 5.69 Å². The maximum Gasteiger partial charge on any atom is 0.266 e. The Bertz CT molecular complexity index is 1560. The molecule has 0 radical (unpaired) electrons. The standard InChI is InChI=1S/C28H28N4O4S3/c1-4-13-31-27(33)25(38-28(31)37)15-22-18-32(23-10-6-5-7-11-23)29-26(22)21-9-8-12-24(14-21)39(34,35)30-16-19(2)36-20(3)17-30/h4-12,14-15,18-20H,1,13,16-17H2,2-3H3. The highest BCUT2D eigenvalue weighted by Gasteiger charge is 2.33. The first-order valence-corrected chi connectivity index (χ1v) is 15.1. The van der Waals surface area contributed by atoms with Gasteiger partial charge in [0.15, 0.2) is 0 Å². The highest BCUT2D eigenvalue weighted by molar-refractivity contribution is 8.26. The predicted octanol–water partition coefficient (Wildman–Crippen LogP) is 4.72. The zero-order valence-corrected chi connectivity index (χ0v) is 24.0. The van der Waals surface area contributed by atoms with Crippen LogP contribution in [0.5, 0.6) is 0 Å². The summed E-state index contributed by atoms with van der Waals surface area (Å²) in [4.78, 5) is 15.2. The molecule has 3 heterocycles. The first-order valence-electron chi connectivity index (χ1n) is 12.4. The van der Waals surface area contributed by atoms with Crippen molar-refractivity contribution in [2.45, 2.75) is 31.0 Å². The van der Waals surface area contributed by atoms with E-state index in [0.29, 0.717) is 32.6 Å². The lowest BCUT2D eigenvalue weighted by Gasteiger charge is -2.34. The molecule has 0 bridgehead atoms. The van der Waals surface area contributed by atoms with Crippen molar-refractivity contribution >= 4 is 50.3 Å². The zero-order chi connectivity index (χ0) is 27.7. The number of sulfonamides is 1. The Morgan fingerprint density at radius 2 is 1.85 bits per heavy atom. The summed E-state index contributed by atoms with van der Waals surface area (Å²) in [5, 5.41) is 4.81. The second kappa shape index (κ2) is 11.2. The van der Waals surface area contributed by atoms with Crippen molar-refractivity contribution in [3.63, 3.8) is 0 Å². The Kier molecular flexibility index (Phi) is 7.88. The van der Waals surface area contributed by atoms with Crippen LogP contribution >= 0.6 is 24.0 Å². The van der Waals surface area contributed by atoms with E-state index in [-0.39, 0.29) is 36.1 Å². The van der Waals surface area contributed by atoms with Gasteiger partial charge >= 0.3 is 0 Å². The number of rotatable bonds is 7. The van der Waals surface area contributed by atoms with E-state index < -0.39 is 10.0 Å². The SMILES string of the molecule is C=CCN1C(=O)C(=Cc2cn(-c3ccccc3)nc2-c2cccc(S(=O)(=O)N3CC(C)OC(C)C3)c2)SC1=S. The molecule has 0 aliphatic carbocycles. The number of thioether (sulfide) groups is 1. The van der Waals surface area contributed by atoms with Gasteiger partial charge in [0, 0.05) is 37.0 Å². The molecule has 1 amide bonds. The maximum absolute atomic E-state index is 13.6. The topological polar surface area (TPSA) is 84.7 Å². The average molecular weight is 581 g/mol. The lowest BCUT2D eigenvalue weighted by atomic mass is 10.1. The Hall–Kier alpha value is -3.09. The van der Waals surface area contributed by atoms with E-state index in [1.54, 1.807) is 35.0 Å². The number of aromatic nitrogens is 2. The second-order valence-electron chi connectivity index (χ2n) is 9.40. The van der Waals surface area contributed by atoms with Gasteiger partial charge in [-0.3, -0.25) is 9.69 Å². The second-order valence-corrected chi connectivity index (χ2v) is 13.0. The molecular weight excluding hydrogens is 553 g/mol. The highest BCUT2D eigenvalue weighted by atomic mass is 32.2. The summed E-state index contributed by atoms with van der Waals surface area (Å²) in [7, 11) is -3.76. The van der Waals surface area contributed by atoms with Crippen LogP contribution in [0, 0.1) is 0 Å². The smallest absolute Gasteiger partial charge is 0.266 e. The monoisotopic (exact) mass is 580 g/mol. The van der Waals surface area contributed by atoms with Gasteiger partial charge < -0.3 is 4.74 Å². The molecule has 2 aliphatic heterocycles. The lowest BCUT2D eigenvalue weighted by molar-refractivity contribution is -0.121. The van der Waals surface area contributed by atoms with Crippen molar-refractivity contribution in [2.75, 3.05) is 19.6 Å². The van der Waals surface area contributed by atoms with Gasteiger partial charge in [-0.25, -0.2) is 13.1 Å². The molecule has 2 aliphatic rings. The number of ether oxygens (including phenoxy) is 1. The summed E-state index contributed by atoms with van der Waals surface area (Å²) in [6, 6.07) is 16.4. The lowest BCUT2D eigenvalue weighted by Crippen LogP contribution is -2.48. The van der Waals surface area contributed by atoms with Crippen molar-refractivity contribution in [1.29, 1.82) is 0 Å². The molecule has 5 rings (SSSR count). The molecule has 202 valence electrons. The summed E-state index contributed by atoms with van der Waals surface area (Å²) in [5.74, 6) is -0.199. The number of benzene rings is 2. The Morgan fingerprint density at radius 3 is 2.54 bits per heavy atom. The average Bonchev–Trinajstić information content (AvgIpc) is 3.45. The van der Waals surface area contributed by atoms with Gasteiger partial charge in [0.05, 0.1) is 27.7 Å². The third-order valence-corrected chi connectivity index (χ3v) is 9.57. The van der Waals surface area contributed by atoms with Gasteiger partial charge in [-0.05, 0) is 44.2 Å². The van der Waals surface area contributed by atoms with Crippen LogP contribution in [-0.2, 0) is 19.6 Å². The number of carbonyl (C=O) groups is 1. The Balaban J connectivity index is 1.58. The molecule has 11 heteroatoms. The van der Waals surface area contributed by atoms with Crippen LogP contribution in [0.4, 0.5) is 0 Å². The van der Waals surface area contributed by atoms with Gasteiger partial charge in [-0.15, -0.1) is 6.58 Å². The molecule has 2 fully saturated rings. The molecule has 3 aromatic rings. The van der Waals surface area contributed by atoms with E-state index in [9.17, 15) is 13.2 Å². The van der Waals surface area contributed by atoms with E-state index in [4.69, 9.17) is 22.1 Å². The summed E-state index contributed by atoms with van der Waals surface area (Å²) in [5.41, 5.74) is 2.67. The molecule has 2 unspecified atom stereocenters. The number of hydrogen-bond acceptors (Lipinski definition) is 7. The van der Waals surface area contributed by atoms with Crippen LogP contribution in [0.15, 0.2) is 83.2 Å². The summed E-state index contributed by atoms with van der Waals surface area (Å²) >= 11 is 6.62. The van der Waals surface area contributed by atoms with Crippen molar-refractivity contribution in [1.82, 2.24) is 19.0 Å². The minimum absolute atomic E-state index is 0.179.